The van der Waals surface area contributed by atoms with Crippen LogP contribution in [0.5, 0.6) is 0 Å². The first-order chi connectivity index (χ1) is 9.52. The summed E-state index contributed by atoms with van der Waals surface area (Å²) in [6, 6.07) is 6.82. The van der Waals surface area contributed by atoms with Crippen LogP contribution in [0.2, 0.25) is 0 Å². The smallest absolute Gasteiger partial charge is 0.322 e. The number of rotatable bonds is 6. The largest absolute Gasteiger partial charge is 0.480 e. The molecule has 0 aliphatic rings. The van der Waals surface area contributed by atoms with Crippen LogP contribution in [0.25, 0.3) is 0 Å². The van der Waals surface area contributed by atoms with Crippen molar-refractivity contribution >= 4 is 23.6 Å². The Labute approximate surface area is 116 Å². The van der Waals surface area contributed by atoms with Crippen molar-refractivity contribution in [2.75, 3.05) is 18.4 Å². The van der Waals surface area contributed by atoms with E-state index in [9.17, 15) is 14.4 Å². The highest BCUT2D eigenvalue weighted by atomic mass is 16.4. The van der Waals surface area contributed by atoms with Gasteiger partial charge in [0, 0.05) is 5.69 Å². The van der Waals surface area contributed by atoms with Crippen LogP contribution in [0, 0.1) is 0 Å². The minimum atomic E-state index is -1.14. The van der Waals surface area contributed by atoms with E-state index in [1.807, 2.05) is 19.1 Å². The Morgan fingerprint density at radius 1 is 1.10 bits per heavy atom. The summed E-state index contributed by atoms with van der Waals surface area (Å²) in [4.78, 5) is 33.1. The quantitative estimate of drug-likeness (QED) is 0.610. The third-order valence-electron chi connectivity index (χ3n) is 2.49. The van der Waals surface area contributed by atoms with E-state index in [1.54, 1.807) is 12.1 Å². The zero-order valence-electron chi connectivity index (χ0n) is 11.1. The van der Waals surface area contributed by atoms with Gasteiger partial charge in [-0.25, -0.2) is 4.79 Å². The lowest BCUT2D eigenvalue weighted by molar-refractivity contribution is -0.137. The lowest BCUT2D eigenvalue weighted by Crippen LogP contribution is -2.40. The molecule has 1 aromatic carbocycles. The molecule has 0 atom stereocenters. The van der Waals surface area contributed by atoms with Crippen LogP contribution in [-0.2, 0) is 16.0 Å². The van der Waals surface area contributed by atoms with Crippen molar-refractivity contribution in [3.05, 3.63) is 29.8 Å². The number of aliphatic carboxylic acids is 1. The van der Waals surface area contributed by atoms with Crippen LogP contribution in [0.1, 0.15) is 12.5 Å². The van der Waals surface area contributed by atoms with Gasteiger partial charge in [-0.3, -0.25) is 9.59 Å². The van der Waals surface area contributed by atoms with Gasteiger partial charge in [0.25, 0.3) is 0 Å². The number of nitrogens with one attached hydrogen (secondary N) is 3. The van der Waals surface area contributed by atoms with Crippen LogP contribution in [-0.4, -0.2) is 36.1 Å². The van der Waals surface area contributed by atoms with E-state index >= 15 is 0 Å². The molecule has 0 radical (unpaired) electrons. The van der Waals surface area contributed by atoms with E-state index in [0.29, 0.717) is 5.69 Å². The summed E-state index contributed by atoms with van der Waals surface area (Å²) in [6.07, 6.45) is 0.773. The fourth-order valence-corrected chi connectivity index (χ4v) is 1.51. The van der Waals surface area contributed by atoms with Crippen LogP contribution in [0.4, 0.5) is 10.5 Å². The zero-order valence-corrected chi connectivity index (χ0v) is 11.1. The number of hydrogen-bond acceptors (Lipinski definition) is 3. The second kappa shape index (κ2) is 7.78. The highest BCUT2D eigenvalue weighted by Crippen LogP contribution is 2.14. The first-order valence-electron chi connectivity index (χ1n) is 6.14. The molecule has 0 aromatic heterocycles. The van der Waals surface area contributed by atoms with Crippen LogP contribution < -0.4 is 16.0 Å². The molecule has 3 amide bonds. The summed E-state index contributed by atoms with van der Waals surface area (Å²) in [7, 11) is 0. The van der Waals surface area contributed by atoms with Gasteiger partial charge in [-0.1, -0.05) is 25.1 Å². The van der Waals surface area contributed by atoms with Crippen molar-refractivity contribution in [2.45, 2.75) is 13.3 Å². The maximum Gasteiger partial charge on any atom is 0.322 e. The third kappa shape index (κ3) is 5.38. The number of hydrogen-bond donors (Lipinski definition) is 4. The van der Waals surface area contributed by atoms with Gasteiger partial charge < -0.3 is 21.1 Å². The number of urea groups is 1. The summed E-state index contributed by atoms with van der Waals surface area (Å²) in [5.41, 5.74) is 1.66. The number of anilines is 1. The second-order valence-corrected chi connectivity index (χ2v) is 3.99. The van der Waals surface area contributed by atoms with Crippen molar-refractivity contribution in [1.29, 1.82) is 0 Å². The number of benzene rings is 1. The summed E-state index contributed by atoms with van der Waals surface area (Å²) in [5, 5.41) is 15.5. The molecule has 0 heterocycles. The van der Waals surface area contributed by atoms with Gasteiger partial charge in [-0.05, 0) is 18.1 Å². The average molecular weight is 279 g/mol. The number of carboxylic acids is 1. The molecule has 1 aromatic rings. The number of amides is 3. The van der Waals surface area contributed by atoms with Crippen molar-refractivity contribution in [3.63, 3.8) is 0 Å². The Bertz CT molecular complexity index is 502. The molecule has 0 fully saturated rings. The molecule has 108 valence electrons. The molecule has 4 N–H and O–H groups in total. The van der Waals surface area contributed by atoms with Gasteiger partial charge in [-0.15, -0.1) is 0 Å². The molecule has 0 aliphatic carbocycles. The van der Waals surface area contributed by atoms with E-state index in [2.05, 4.69) is 16.0 Å². The molecule has 0 spiro atoms. The summed E-state index contributed by atoms with van der Waals surface area (Å²) < 4.78 is 0. The van der Waals surface area contributed by atoms with E-state index in [0.717, 1.165) is 12.0 Å². The summed E-state index contributed by atoms with van der Waals surface area (Å²) in [6.45, 7) is 1.21. The van der Waals surface area contributed by atoms with Gasteiger partial charge in [0.2, 0.25) is 5.91 Å². The first kappa shape index (κ1) is 15.5. The predicted octanol–water partition coefficient (Wildman–Crippen LogP) is 0.571. The fourth-order valence-electron chi connectivity index (χ4n) is 1.51. The van der Waals surface area contributed by atoms with E-state index < -0.39 is 24.5 Å². The maximum absolute atomic E-state index is 11.6. The molecular weight excluding hydrogens is 262 g/mol. The van der Waals surface area contributed by atoms with E-state index in [1.165, 1.54) is 0 Å². The molecule has 0 aliphatic heterocycles. The Kier molecular flexibility index (Phi) is 6.02. The summed E-state index contributed by atoms with van der Waals surface area (Å²) >= 11 is 0. The molecule has 0 saturated heterocycles. The van der Waals surface area contributed by atoms with Crippen LogP contribution >= 0.6 is 0 Å². The maximum atomic E-state index is 11.6. The molecule has 0 bridgehead atoms. The molecule has 0 unspecified atom stereocenters. The van der Waals surface area contributed by atoms with Crippen molar-refractivity contribution in [3.8, 4) is 0 Å². The highest BCUT2D eigenvalue weighted by Gasteiger charge is 2.08. The topological polar surface area (TPSA) is 108 Å². The molecular formula is C13H17N3O4. The summed E-state index contributed by atoms with van der Waals surface area (Å²) in [5.74, 6) is -1.70. The number of carbonyl (C=O) groups excluding carboxylic acids is 2. The Balaban J connectivity index is 2.40. The minimum Gasteiger partial charge on any atom is -0.480 e. The molecule has 20 heavy (non-hydrogen) atoms. The average Bonchev–Trinajstić information content (AvgIpc) is 2.43. The third-order valence-corrected chi connectivity index (χ3v) is 2.49. The van der Waals surface area contributed by atoms with E-state index in [4.69, 9.17) is 5.11 Å². The minimum absolute atomic E-state index is 0.284. The number of carboxylic acid groups (broad SMARTS) is 1. The van der Waals surface area contributed by atoms with Gasteiger partial charge >= 0.3 is 12.0 Å². The number of aryl methyl sites for hydroxylation is 1. The van der Waals surface area contributed by atoms with Gasteiger partial charge in [0.05, 0.1) is 6.54 Å². The highest BCUT2D eigenvalue weighted by molar-refractivity contribution is 5.93. The van der Waals surface area contributed by atoms with Crippen molar-refractivity contribution in [2.24, 2.45) is 0 Å². The van der Waals surface area contributed by atoms with Crippen LogP contribution in [0.15, 0.2) is 24.3 Å². The molecule has 0 saturated carbocycles. The van der Waals surface area contributed by atoms with Crippen LogP contribution in [0.3, 0.4) is 0 Å². The number of para-hydroxylation sites is 1. The first-order valence-corrected chi connectivity index (χ1v) is 6.14. The monoisotopic (exact) mass is 279 g/mol. The lowest BCUT2D eigenvalue weighted by Gasteiger charge is -2.10. The van der Waals surface area contributed by atoms with E-state index in [-0.39, 0.29) is 6.54 Å². The van der Waals surface area contributed by atoms with Gasteiger partial charge in [-0.2, -0.15) is 0 Å². The van der Waals surface area contributed by atoms with Gasteiger partial charge in [0.15, 0.2) is 0 Å². The standard InChI is InChI=1S/C13H17N3O4/c1-2-9-5-3-4-6-10(9)16-13(20)15-7-11(17)14-8-12(18)19/h3-6H,2,7-8H2,1H3,(H,14,17)(H,18,19)(H2,15,16,20). The molecule has 7 heteroatoms. The predicted molar refractivity (Wildman–Crippen MR) is 73.5 cm³/mol. The Hall–Kier alpha value is -2.57. The molecule has 1 rings (SSSR count). The van der Waals surface area contributed by atoms with Crippen molar-refractivity contribution < 1.29 is 19.5 Å². The lowest BCUT2D eigenvalue weighted by atomic mass is 10.1. The fraction of sp³-hybridized carbons (Fsp3) is 0.308. The van der Waals surface area contributed by atoms with Crippen molar-refractivity contribution in [1.82, 2.24) is 10.6 Å². The molecule has 7 nitrogen and oxygen atoms in total. The second-order valence-electron chi connectivity index (χ2n) is 3.99. The number of carbonyl (C=O) groups is 3. The zero-order chi connectivity index (χ0) is 15.0. The Morgan fingerprint density at radius 2 is 1.80 bits per heavy atom. The van der Waals surface area contributed by atoms with Gasteiger partial charge in [0.1, 0.15) is 6.54 Å². The normalized spacial score (nSPS) is 9.65. The SMILES string of the molecule is CCc1ccccc1NC(=O)NCC(=O)NCC(=O)O. The Morgan fingerprint density at radius 3 is 2.45 bits per heavy atom.